The van der Waals surface area contributed by atoms with Gasteiger partial charge in [0, 0.05) is 26.2 Å². The molecule has 1 aromatic heterocycles. The van der Waals surface area contributed by atoms with E-state index in [1.807, 2.05) is 0 Å². The van der Waals surface area contributed by atoms with E-state index in [4.69, 9.17) is 5.73 Å². The molecule has 5 nitrogen and oxygen atoms in total. The molecule has 1 amide bonds. The van der Waals surface area contributed by atoms with Crippen molar-refractivity contribution in [2.45, 2.75) is 13.0 Å². The van der Waals surface area contributed by atoms with Crippen LogP contribution in [0.1, 0.15) is 6.42 Å². The van der Waals surface area contributed by atoms with Crippen LogP contribution in [0, 0.1) is 0 Å². The van der Waals surface area contributed by atoms with Crippen molar-refractivity contribution in [3.63, 3.8) is 0 Å². The lowest BCUT2D eigenvalue weighted by Gasteiger charge is -1.99. The molecule has 0 saturated heterocycles. The van der Waals surface area contributed by atoms with Crippen LogP contribution in [-0.2, 0) is 11.3 Å². The highest BCUT2D eigenvalue weighted by Crippen LogP contribution is 1.98. The van der Waals surface area contributed by atoms with Crippen LogP contribution in [0.2, 0.25) is 0 Å². The molecule has 0 aliphatic heterocycles. The van der Waals surface area contributed by atoms with Crippen molar-refractivity contribution in [2.24, 2.45) is 0 Å². The number of aryl methyl sites for hydroxylation is 1. The first-order valence-corrected chi connectivity index (χ1v) is 3.71. The Labute approximate surface area is 70.5 Å². The first kappa shape index (κ1) is 8.58. The van der Waals surface area contributed by atoms with Crippen molar-refractivity contribution < 1.29 is 4.79 Å². The molecule has 0 unspecified atom stereocenters. The number of aromatic nitrogens is 2. The van der Waals surface area contributed by atoms with E-state index in [1.54, 1.807) is 24.1 Å². The number of nitrogens with zero attached hydrogens (tertiary/aromatic N) is 2. The lowest BCUT2D eigenvalue weighted by molar-refractivity contribution is -0.120. The number of hydrogen-bond acceptors (Lipinski definition) is 3. The quantitative estimate of drug-likeness (QED) is 0.645. The van der Waals surface area contributed by atoms with Crippen LogP contribution in [0.4, 0.5) is 5.69 Å². The van der Waals surface area contributed by atoms with E-state index in [0.717, 1.165) is 0 Å². The van der Waals surface area contributed by atoms with Crippen molar-refractivity contribution in [3.05, 3.63) is 12.4 Å². The highest BCUT2D eigenvalue weighted by Gasteiger charge is 1.99. The monoisotopic (exact) mass is 168 g/mol. The van der Waals surface area contributed by atoms with Gasteiger partial charge in [0.15, 0.2) is 0 Å². The summed E-state index contributed by atoms with van der Waals surface area (Å²) in [6.45, 7) is 0.566. The lowest BCUT2D eigenvalue weighted by Crippen LogP contribution is -2.19. The summed E-state index contributed by atoms with van der Waals surface area (Å²) >= 11 is 0. The summed E-state index contributed by atoms with van der Waals surface area (Å²) in [5.41, 5.74) is 6.05. The maximum atomic E-state index is 10.8. The summed E-state index contributed by atoms with van der Waals surface area (Å²) in [4.78, 5) is 10.8. The van der Waals surface area contributed by atoms with Crippen LogP contribution in [0.15, 0.2) is 12.4 Å². The Morgan fingerprint density at radius 3 is 3.08 bits per heavy atom. The van der Waals surface area contributed by atoms with Crippen molar-refractivity contribution in [3.8, 4) is 0 Å². The fourth-order valence-electron chi connectivity index (χ4n) is 0.843. The van der Waals surface area contributed by atoms with E-state index >= 15 is 0 Å². The number of nitrogen functional groups attached to an aromatic ring is 1. The second-order valence-corrected chi connectivity index (χ2v) is 2.46. The first-order valence-electron chi connectivity index (χ1n) is 3.71. The third kappa shape index (κ3) is 2.26. The molecule has 1 rings (SSSR count). The minimum absolute atomic E-state index is 0.00377. The number of nitrogens with two attached hydrogens (primary N) is 1. The normalized spacial score (nSPS) is 9.75. The van der Waals surface area contributed by atoms with Gasteiger partial charge >= 0.3 is 0 Å². The number of carbonyl (C=O) groups is 1. The second-order valence-electron chi connectivity index (χ2n) is 2.46. The molecule has 0 bridgehead atoms. The highest BCUT2D eigenvalue weighted by molar-refractivity contribution is 5.75. The fourth-order valence-corrected chi connectivity index (χ4v) is 0.843. The van der Waals surface area contributed by atoms with Crippen LogP contribution in [0.25, 0.3) is 0 Å². The molecule has 5 heteroatoms. The number of rotatable bonds is 3. The highest BCUT2D eigenvalue weighted by atomic mass is 16.1. The molecule has 0 spiro atoms. The molecule has 12 heavy (non-hydrogen) atoms. The first-order chi connectivity index (χ1) is 5.72. The maximum Gasteiger partial charge on any atom is 0.221 e. The minimum atomic E-state index is 0.00377. The Morgan fingerprint density at radius 1 is 1.83 bits per heavy atom. The van der Waals surface area contributed by atoms with Gasteiger partial charge in [-0.05, 0) is 0 Å². The summed E-state index contributed by atoms with van der Waals surface area (Å²) in [7, 11) is 1.61. The predicted octanol–water partition coefficient (Wildman–Crippen LogP) is -0.399. The van der Waals surface area contributed by atoms with Crippen LogP contribution in [0.3, 0.4) is 0 Å². The van der Waals surface area contributed by atoms with Gasteiger partial charge < -0.3 is 11.1 Å². The maximum absolute atomic E-state index is 10.8. The zero-order valence-corrected chi connectivity index (χ0v) is 6.95. The van der Waals surface area contributed by atoms with Crippen LogP contribution < -0.4 is 11.1 Å². The minimum Gasteiger partial charge on any atom is -0.396 e. The van der Waals surface area contributed by atoms with Crippen molar-refractivity contribution >= 4 is 11.6 Å². The second kappa shape index (κ2) is 3.75. The third-order valence-corrected chi connectivity index (χ3v) is 1.50. The molecule has 1 aromatic rings. The Hall–Kier alpha value is -1.52. The number of nitrogens with one attached hydrogen (secondary N) is 1. The van der Waals surface area contributed by atoms with Crippen LogP contribution in [0.5, 0.6) is 0 Å². The molecule has 66 valence electrons. The third-order valence-electron chi connectivity index (χ3n) is 1.50. The van der Waals surface area contributed by atoms with Crippen molar-refractivity contribution in [1.82, 2.24) is 15.1 Å². The number of amides is 1. The average Bonchev–Trinajstić information content (AvgIpc) is 2.47. The Kier molecular flexibility index (Phi) is 2.68. The lowest BCUT2D eigenvalue weighted by atomic mass is 10.4. The van der Waals surface area contributed by atoms with E-state index in [0.29, 0.717) is 18.7 Å². The number of carbonyl (C=O) groups excluding carboxylic acids is 1. The molecule has 0 aliphatic rings. The molecular formula is C7H12N4O. The van der Waals surface area contributed by atoms with E-state index in [2.05, 4.69) is 10.4 Å². The molecule has 0 radical (unpaired) electrons. The van der Waals surface area contributed by atoms with Gasteiger partial charge in [-0.25, -0.2) is 0 Å². The fraction of sp³-hybridized carbons (Fsp3) is 0.429. The number of anilines is 1. The molecule has 0 aromatic carbocycles. The van der Waals surface area contributed by atoms with Crippen LogP contribution in [-0.4, -0.2) is 22.7 Å². The largest absolute Gasteiger partial charge is 0.396 e. The average molecular weight is 168 g/mol. The smallest absolute Gasteiger partial charge is 0.221 e. The zero-order chi connectivity index (χ0) is 8.97. The molecular weight excluding hydrogens is 156 g/mol. The molecule has 3 N–H and O–H groups in total. The van der Waals surface area contributed by atoms with E-state index in [1.165, 1.54) is 0 Å². The molecule has 1 heterocycles. The van der Waals surface area contributed by atoms with Gasteiger partial charge in [-0.2, -0.15) is 5.10 Å². The van der Waals surface area contributed by atoms with E-state index in [9.17, 15) is 4.79 Å². The zero-order valence-electron chi connectivity index (χ0n) is 6.95. The van der Waals surface area contributed by atoms with Gasteiger partial charge in [-0.3, -0.25) is 9.48 Å². The SMILES string of the molecule is CNC(=O)CCn1cc(N)cn1. The summed E-state index contributed by atoms with van der Waals surface area (Å²) in [6, 6.07) is 0. The Balaban J connectivity index is 2.38. The Bertz CT molecular complexity index is 268. The van der Waals surface area contributed by atoms with Gasteiger partial charge in [0.1, 0.15) is 0 Å². The number of hydrogen-bond donors (Lipinski definition) is 2. The topological polar surface area (TPSA) is 72.9 Å². The van der Waals surface area contributed by atoms with Gasteiger partial charge in [0.25, 0.3) is 0 Å². The Morgan fingerprint density at radius 2 is 2.58 bits per heavy atom. The summed E-state index contributed by atoms with van der Waals surface area (Å²) in [6.07, 6.45) is 3.68. The molecule has 0 aliphatic carbocycles. The standard InChI is InChI=1S/C7H12N4O/c1-9-7(12)2-3-11-5-6(8)4-10-11/h4-5H,2-3,8H2,1H3,(H,9,12). The van der Waals surface area contributed by atoms with Crippen LogP contribution >= 0.6 is 0 Å². The van der Waals surface area contributed by atoms with Gasteiger partial charge in [0.2, 0.25) is 5.91 Å². The van der Waals surface area contributed by atoms with Crippen molar-refractivity contribution in [1.29, 1.82) is 0 Å². The predicted molar refractivity (Wildman–Crippen MR) is 45.3 cm³/mol. The summed E-state index contributed by atoms with van der Waals surface area (Å²) in [5, 5.41) is 6.46. The van der Waals surface area contributed by atoms with Gasteiger partial charge in [0.05, 0.1) is 11.9 Å². The van der Waals surface area contributed by atoms with E-state index < -0.39 is 0 Å². The van der Waals surface area contributed by atoms with E-state index in [-0.39, 0.29) is 5.91 Å². The summed E-state index contributed by atoms with van der Waals surface area (Å²) < 4.78 is 1.64. The van der Waals surface area contributed by atoms with Gasteiger partial charge in [-0.15, -0.1) is 0 Å². The molecule has 0 atom stereocenters. The summed E-state index contributed by atoms with van der Waals surface area (Å²) in [5.74, 6) is 0.00377. The van der Waals surface area contributed by atoms with Gasteiger partial charge in [-0.1, -0.05) is 0 Å². The van der Waals surface area contributed by atoms with Crippen molar-refractivity contribution in [2.75, 3.05) is 12.8 Å². The molecule has 0 fully saturated rings. The molecule has 0 saturated carbocycles.